The average Bonchev–Trinajstić information content (AvgIpc) is 3.22. The molecular formula is C18H24N2O3. The summed E-state index contributed by atoms with van der Waals surface area (Å²) in [6, 6.07) is 5.80. The second kappa shape index (κ2) is 5.71. The first-order chi connectivity index (χ1) is 11.2. The third kappa shape index (κ3) is 2.57. The van der Waals surface area contributed by atoms with Crippen LogP contribution < -0.4 is 10.1 Å². The summed E-state index contributed by atoms with van der Waals surface area (Å²) in [5, 5.41) is 3.02. The highest BCUT2D eigenvalue weighted by atomic mass is 16.5. The number of amides is 2. The van der Waals surface area contributed by atoms with E-state index >= 15 is 0 Å². The lowest BCUT2D eigenvalue weighted by molar-refractivity contribution is 0.0747. The Morgan fingerprint density at radius 1 is 1.30 bits per heavy atom. The molecule has 2 bridgehead atoms. The number of likely N-dealkylation sites (tertiary alicyclic amines) is 1. The van der Waals surface area contributed by atoms with E-state index in [0.29, 0.717) is 30.7 Å². The molecule has 4 unspecified atom stereocenters. The highest BCUT2D eigenvalue weighted by molar-refractivity contribution is 5.89. The topological polar surface area (TPSA) is 50.8 Å². The maximum absolute atomic E-state index is 12.6. The van der Waals surface area contributed by atoms with Crippen LogP contribution in [-0.2, 0) is 4.74 Å². The van der Waals surface area contributed by atoms with Crippen molar-refractivity contribution >= 4 is 11.7 Å². The molecule has 0 spiro atoms. The van der Waals surface area contributed by atoms with Gasteiger partial charge < -0.3 is 19.7 Å². The van der Waals surface area contributed by atoms with Crippen molar-refractivity contribution in [1.29, 1.82) is 0 Å². The number of nitrogens with one attached hydrogen (secondary N) is 1. The van der Waals surface area contributed by atoms with Gasteiger partial charge in [0.2, 0.25) is 0 Å². The average molecular weight is 316 g/mol. The number of aryl methyl sites for hydroxylation is 1. The Labute approximate surface area is 136 Å². The highest BCUT2D eigenvalue weighted by Crippen LogP contribution is 2.47. The van der Waals surface area contributed by atoms with Gasteiger partial charge in [-0.2, -0.15) is 0 Å². The lowest BCUT2D eigenvalue weighted by atomic mass is 9.82. The van der Waals surface area contributed by atoms with E-state index in [-0.39, 0.29) is 6.03 Å². The standard InChI is InChI=1S/C18H24N2O3/c1-3-22-17-8-12(5-4-11(17)2)19-18(21)20-9-13-14(10-20)16-7-6-15(13)23-16/h4-5,8,13-16H,3,6-7,9-10H2,1-2H3,(H,19,21). The first-order valence-corrected chi connectivity index (χ1v) is 8.60. The lowest BCUT2D eigenvalue weighted by Gasteiger charge is -2.20. The maximum Gasteiger partial charge on any atom is 0.321 e. The van der Waals surface area contributed by atoms with Gasteiger partial charge in [-0.1, -0.05) is 6.07 Å². The zero-order valence-corrected chi connectivity index (χ0v) is 13.7. The first kappa shape index (κ1) is 14.8. The molecule has 2 amide bonds. The van der Waals surface area contributed by atoms with Gasteiger partial charge >= 0.3 is 6.03 Å². The van der Waals surface area contributed by atoms with E-state index in [1.165, 1.54) is 0 Å². The SMILES string of the molecule is CCOc1cc(NC(=O)N2CC3C4CCC(O4)C3C2)ccc1C. The largest absolute Gasteiger partial charge is 0.494 e. The van der Waals surface area contributed by atoms with E-state index in [4.69, 9.17) is 9.47 Å². The summed E-state index contributed by atoms with van der Waals surface area (Å²) in [6.45, 7) is 6.23. The Morgan fingerprint density at radius 3 is 2.65 bits per heavy atom. The molecule has 3 fully saturated rings. The molecule has 1 aromatic rings. The van der Waals surface area contributed by atoms with Crippen molar-refractivity contribution in [2.45, 2.75) is 38.9 Å². The van der Waals surface area contributed by atoms with Crippen molar-refractivity contribution in [3.8, 4) is 5.75 Å². The molecular weight excluding hydrogens is 292 g/mol. The molecule has 23 heavy (non-hydrogen) atoms. The summed E-state index contributed by atoms with van der Waals surface area (Å²) in [6.07, 6.45) is 3.09. The second-order valence-corrected chi connectivity index (χ2v) is 6.87. The number of hydrogen-bond acceptors (Lipinski definition) is 3. The van der Waals surface area contributed by atoms with Gasteiger partial charge in [0.1, 0.15) is 5.75 Å². The predicted molar refractivity (Wildman–Crippen MR) is 87.8 cm³/mol. The van der Waals surface area contributed by atoms with Crippen LogP contribution in [0.5, 0.6) is 5.75 Å². The molecule has 3 aliphatic heterocycles. The van der Waals surface area contributed by atoms with Gasteiger partial charge in [0.25, 0.3) is 0 Å². The van der Waals surface area contributed by atoms with Crippen LogP contribution >= 0.6 is 0 Å². The molecule has 0 saturated carbocycles. The van der Waals surface area contributed by atoms with E-state index in [1.807, 2.05) is 36.9 Å². The number of urea groups is 1. The zero-order valence-electron chi connectivity index (χ0n) is 13.7. The van der Waals surface area contributed by atoms with E-state index in [0.717, 1.165) is 42.9 Å². The highest BCUT2D eigenvalue weighted by Gasteiger charge is 2.53. The van der Waals surface area contributed by atoms with Crippen molar-refractivity contribution in [2.24, 2.45) is 11.8 Å². The third-order valence-electron chi connectivity index (χ3n) is 5.48. The van der Waals surface area contributed by atoms with Crippen LogP contribution in [0.3, 0.4) is 0 Å². The van der Waals surface area contributed by atoms with Gasteiger partial charge in [-0.05, 0) is 38.3 Å². The number of anilines is 1. The Hall–Kier alpha value is -1.75. The van der Waals surface area contributed by atoms with Gasteiger partial charge in [-0.3, -0.25) is 0 Å². The van der Waals surface area contributed by atoms with Gasteiger partial charge in [-0.25, -0.2) is 4.79 Å². The summed E-state index contributed by atoms with van der Waals surface area (Å²) in [5.41, 5.74) is 1.87. The fourth-order valence-electron chi connectivity index (χ4n) is 4.32. The molecule has 3 saturated heterocycles. The minimum absolute atomic E-state index is 0.00917. The van der Waals surface area contributed by atoms with Gasteiger partial charge in [-0.15, -0.1) is 0 Å². The molecule has 1 N–H and O–H groups in total. The molecule has 0 radical (unpaired) electrons. The molecule has 3 heterocycles. The minimum Gasteiger partial charge on any atom is -0.494 e. The van der Waals surface area contributed by atoms with Gasteiger partial charge in [0.15, 0.2) is 0 Å². The van der Waals surface area contributed by atoms with Crippen LogP contribution in [0.4, 0.5) is 10.5 Å². The molecule has 124 valence electrons. The van der Waals surface area contributed by atoms with Crippen LogP contribution in [-0.4, -0.2) is 42.8 Å². The maximum atomic E-state index is 12.6. The monoisotopic (exact) mass is 316 g/mol. The van der Waals surface area contributed by atoms with Gasteiger partial charge in [0.05, 0.1) is 18.8 Å². The molecule has 5 nitrogen and oxygen atoms in total. The number of benzene rings is 1. The molecule has 0 aromatic heterocycles. The minimum atomic E-state index is -0.00917. The normalized spacial score (nSPS) is 31.3. The van der Waals surface area contributed by atoms with E-state index < -0.39 is 0 Å². The molecule has 0 aliphatic carbocycles. The second-order valence-electron chi connectivity index (χ2n) is 6.87. The fraction of sp³-hybridized carbons (Fsp3) is 0.611. The lowest BCUT2D eigenvalue weighted by Crippen LogP contribution is -2.35. The Morgan fingerprint density at radius 2 is 2.00 bits per heavy atom. The first-order valence-electron chi connectivity index (χ1n) is 8.60. The number of carbonyl (C=O) groups excluding carboxylic acids is 1. The molecule has 1 aromatic carbocycles. The van der Waals surface area contributed by atoms with E-state index in [2.05, 4.69) is 5.32 Å². The Balaban J connectivity index is 1.42. The quantitative estimate of drug-likeness (QED) is 0.932. The van der Waals surface area contributed by atoms with Crippen molar-refractivity contribution in [1.82, 2.24) is 4.90 Å². The van der Waals surface area contributed by atoms with Crippen LogP contribution in [0.1, 0.15) is 25.3 Å². The number of fused-ring (bicyclic) bond motifs is 5. The van der Waals surface area contributed by atoms with Crippen LogP contribution in [0.2, 0.25) is 0 Å². The summed E-state index contributed by atoms with van der Waals surface area (Å²) < 4.78 is 11.6. The summed E-state index contributed by atoms with van der Waals surface area (Å²) in [4.78, 5) is 14.5. The van der Waals surface area contributed by atoms with E-state index in [1.54, 1.807) is 0 Å². The molecule has 4 rings (SSSR count). The molecule has 3 aliphatic rings. The smallest absolute Gasteiger partial charge is 0.321 e. The number of carbonyl (C=O) groups is 1. The van der Waals surface area contributed by atoms with Crippen molar-refractivity contribution < 1.29 is 14.3 Å². The Bertz CT molecular complexity index is 600. The summed E-state index contributed by atoms with van der Waals surface area (Å²) in [7, 11) is 0. The van der Waals surface area contributed by atoms with Crippen molar-refractivity contribution in [3.63, 3.8) is 0 Å². The van der Waals surface area contributed by atoms with Crippen LogP contribution in [0.25, 0.3) is 0 Å². The fourth-order valence-corrected chi connectivity index (χ4v) is 4.32. The number of hydrogen-bond donors (Lipinski definition) is 1. The number of rotatable bonds is 3. The summed E-state index contributed by atoms with van der Waals surface area (Å²) in [5.74, 6) is 1.91. The third-order valence-corrected chi connectivity index (χ3v) is 5.48. The zero-order chi connectivity index (χ0) is 16.0. The van der Waals surface area contributed by atoms with E-state index in [9.17, 15) is 4.79 Å². The van der Waals surface area contributed by atoms with Crippen LogP contribution in [0, 0.1) is 18.8 Å². The van der Waals surface area contributed by atoms with Gasteiger partial charge in [0, 0.05) is 36.7 Å². The van der Waals surface area contributed by atoms with Crippen molar-refractivity contribution in [2.75, 3.05) is 25.0 Å². The number of nitrogens with zero attached hydrogens (tertiary/aromatic N) is 1. The van der Waals surface area contributed by atoms with Crippen molar-refractivity contribution in [3.05, 3.63) is 23.8 Å². The van der Waals surface area contributed by atoms with Crippen LogP contribution in [0.15, 0.2) is 18.2 Å². The molecule has 5 heteroatoms. The predicted octanol–water partition coefficient (Wildman–Crippen LogP) is 3.03. The summed E-state index contributed by atoms with van der Waals surface area (Å²) >= 11 is 0. The Kier molecular flexibility index (Phi) is 3.68. The molecule has 4 atom stereocenters. The number of ether oxygens (including phenoxy) is 2.